The van der Waals surface area contributed by atoms with Gasteiger partial charge in [0.15, 0.2) is 0 Å². The van der Waals surface area contributed by atoms with Gasteiger partial charge in [-0.25, -0.2) is 9.36 Å². The first-order valence-corrected chi connectivity index (χ1v) is 8.09. The van der Waals surface area contributed by atoms with Gasteiger partial charge in [-0.15, -0.1) is 0 Å². The molecule has 8 heteroatoms. The minimum absolute atomic E-state index is 0.331. The maximum atomic E-state index is 11.4. The molecule has 7 nitrogen and oxygen atoms in total. The summed E-state index contributed by atoms with van der Waals surface area (Å²) >= 11 is 0. The maximum Gasteiger partial charge on any atom is 0.491 e. The molecule has 0 saturated carbocycles. The average molecular weight is 317 g/mol. The summed E-state index contributed by atoms with van der Waals surface area (Å²) in [5, 5.41) is 9.93. The lowest BCUT2D eigenvalue weighted by molar-refractivity contribution is -0.0726. The van der Waals surface area contributed by atoms with E-state index in [1.165, 1.54) is 0 Å². The number of carboxylic acid groups (broad SMARTS) is 1. The highest BCUT2D eigenvalue weighted by Gasteiger charge is 2.34. The maximum absolute atomic E-state index is 11.4. The Labute approximate surface area is 124 Å². The summed E-state index contributed by atoms with van der Waals surface area (Å²) in [5.74, 6) is -0.879. The number of carbonyl (C=O) groups is 1. The summed E-state index contributed by atoms with van der Waals surface area (Å²) in [6.07, 6.45) is 0. The Kier molecular flexibility index (Phi) is 7.56. The topological polar surface area (TPSA) is 85.3 Å². The predicted molar refractivity (Wildman–Crippen MR) is 76.9 cm³/mol. The third kappa shape index (κ3) is 6.37. The second kappa shape index (κ2) is 8.92. The molecule has 2 rings (SSSR count). The number of phosphoric ester groups is 1. The van der Waals surface area contributed by atoms with Crippen molar-refractivity contribution >= 4 is 13.8 Å². The highest BCUT2D eigenvalue weighted by atomic mass is 31.2. The SMILES string of the molecule is CCN(CC)OP1(=O)OCCO1.O=C(O)c1ccccc1. The van der Waals surface area contributed by atoms with Crippen molar-refractivity contribution in [2.24, 2.45) is 0 Å². The zero-order valence-electron chi connectivity index (χ0n) is 12.1. The number of hydrogen-bond acceptors (Lipinski definition) is 6. The van der Waals surface area contributed by atoms with Crippen molar-refractivity contribution in [1.29, 1.82) is 0 Å². The van der Waals surface area contributed by atoms with Gasteiger partial charge < -0.3 is 5.11 Å². The largest absolute Gasteiger partial charge is 0.491 e. The lowest BCUT2D eigenvalue weighted by atomic mass is 10.2. The van der Waals surface area contributed by atoms with Gasteiger partial charge in [-0.1, -0.05) is 32.0 Å². The Hall–Kier alpha value is -1.24. The van der Waals surface area contributed by atoms with Crippen LogP contribution in [0.2, 0.25) is 0 Å². The van der Waals surface area contributed by atoms with Gasteiger partial charge in [0.1, 0.15) is 0 Å². The molecule has 1 heterocycles. The van der Waals surface area contributed by atoms with Crippen molar-refractivity contribution < 1.29 is 28.1 Å². The fourth-order valence-electron chi connectivity index (χ4n) is 1.44. The number of nitrogens with zero attached hydrogens (tertiary/aromatic N) is 1. The number of aromatic carboxylic acids is 1. The van der Waals surface area contributed by atoms with E-state index in [1.807, 2.05) is 13.8 Å². The molecular formula is C13H20NO6P. The lowest BCUT2D eigenvalue weighted by Gasteiger charge is -2.19. The van der Waals surface area contributed by atoms with Crippen LogP contribution in [-0.4, -0.2) is 42.4 Å². The van der Waals surface area contributed by atoms with Gasteiger partial charge in [0.05, 0.1) is 18.8 Å². The van der Waals surface area contributed by atoms with E-state index < -0.39 is 13.8 Å². The molecule has 1 aromatic carbocycles. The normalized spacial score (nSPS) is 16.3. The smallest absolute Gasteiger partial charge is 0.478 e. The van der Waals surface area contributed by atoms with Crippen LogP contribution in [0.3, 0.4) is 0 Å². The van der Waals surface area contributed by atoms with Crippen LogP contribution in [0.25, 0.3) is 0 Å². The Morgan fingerprint density at radius 3 is 2.14 bits per heavy atom. The molecule has 1 saturated heterocycles. The van der Waals surface area contributed by atoms with Crippen molar-refractivity contribution in [2.75, 3.05) is 26.3 Å². The molecule has 0 spiro atoms. The van der Waals surface area contributed by atoms with E-state index in [-0.39, 0.29) is 0 Å². The monoisotopic (exact) mass is 317 g/mol. The first-order valence-electron chi connectivity index (χ1n) is 6.63. The molecule has 1 aliphatic rings. The second-order valence-electron chi connectivity index (χ2n) is 3.98. The molecule has 1 N–H and O–H groups in total. The molecule has 0 bridgehead atoms. The highest BCUT2D eigenvalue weighted by Crippen LogP contribution is 2.53. The lowest BCUT2D eigenvalue weighted by Crippen LogP contribution is -2.21. The van der Waals surface area contributed by atoms with E-state index in [1.54, 1.807) is 35.4 Å². The van der Waals surface area contributed by atoms with Gasteiger partial charge >= 0.3 is 13.8 Å². The van der Waals surface area contributed by atoms with Gasteiger partial charge in [-0.3, -0.25) is 9.05 Å². The number of hydrogen-bond donors (Lipinski definition) is 1. The molecule has 1 aliphatic heterocycles. The van der Waals surface area contributed by atoms with Crippen LogP contribution >= 0.6 is 7.82 Å². The fourth-order valence-corrected chi connectivity index (χ4v) is 2.72. The molecule has 0 aliphatic carbocycles. The van der Waals surface area contributed by atoms with Crippen LogP contribution in [0.5, 0.6) is 0 Å². The number of rotatable bonds is 5. The molecule has 0 atom stereocenters. The standard InChI is InChI=1S/C7H6O2.C6H14NO4P/c8-7(9)6-4-2-1-3-5-6;1-3-7(4-2)11-12(8)9-5-6-10-12/h1-5H,(H,8,9);3-6H2,1-2H3. The zero-order valence-corrected chi connectivity index (χ0v) is 13.0. The van der Waals surface area contributed by atoms with Crippen molar-refractivity contribution in [3.63, 3.8) is 0 Å². The summed E-state index contributed by atoms with van der Waals surface area (Å²) in [4.78, 5) is 10.2. The van der Waals surface area contributed by atoms with Crippen LogP contribution in [0, 0.1) is 0 Å². The number of phosphoric acid groups is 1. The van der Waals surface area contributed by atoms with Gasteiger partial charge in [-0.05, 0) is 12.1 Å². The first kappa shape index (κ1) is 17.8. The Morgan fingerprint density at radius 1 is 1.24 bits per heavy atom. The number of hydroxylamine groups is 2. The van der Waals surface area contributed by atoms with E-state index in [0.29, 0.717) is 31.9 Å². The zero-order chi connectivity index (χ0) is 15.7. The Balaban J connectivity index is 0.000000219. The molecule has 1 aromatic rings. The van der Waals surface area contributed by atoms with Gasteiger partial charge in [0.25, 0.3) is 0 Å². The third-order valence-electron chi connectivity index (χ3n) is 2.52. The van der Waals surface area contributed by atoms with Crippen LogP contribution in [0.15, 0.2) is 30.3 Å². The highest BCUT2D eigenvalue weighted by molar-refractivity contribution is 7.48. The van der Waals surface area contributed by atoms with E-state index in [2.05, 4.69) is 0 Å². The first-order chi connectivity index (χ1) is 10.0. The molecule has 118 valence electrons. The molecule has 0 unspecified atom stereocenters. The van der Waals surface area contributed by atoms with Crippen molar-refractivity contribution in [1.82, 2.24) is 5.06 Å². The van der Waals surface area contributed by atoms with E-state index in [0.717, 1.165) is 0 Å². The summed E-state index contributed by atoms with van der Waals surface area (Å²) in [5.41, 5.74) is 0.331. The molecule has 0 amide bonds. The molecule has 0 aromatic heterocycles. The Morgan fingerprint density at radius 2 is 1.76 bits per heavy atom. The summed E-state index contributed by atoms with van der Waals surface area (Å²) in [6, 6.07) is 8.30. The van der Waals surface area contributed by atoms with Gasteiger partial charge in [0.2, 0.25) is 0 Å². The third-order valence-corrected chi connectivity index (χ3v) is 3.95. The van der Waals surface area contributed by atoms with E-state index in [9.17, 15) is 9.36 Å². The van der Waals surface area contributed by atoms with Crippen molar-refractivity contribution in [2.45, 2.75) is 13.8 Å². The molecular weight excluding hydrogens is 297 g/mol. The fraction of sp³-hybridized carbons (Fsp3) is 0.462. The summed E-state index contributed by atoms with van der Waals surface area (Å²) < 4.78 is 26.2. The molecule has 21 heavy (non-hydrogen) atoms. The van der Waals surface area contributed by atoms with Crippen LogP contribution in [0.4, 0.5) is 0 Å². The van der Waals surface area contributed by atoms with E-state index >= 15 is 0 Å². The number of carboxylic acids is 1. The van der Waals surface area contributed by atoms with Gasteiger partial charge in [0, 0.05) is 13.1 Å². The van der Waals surface area contributed by atoms with E-state index in [4.69, 9.17) is 18.8 Å². The summed E-state index contributed by atoms with van der Waals surface area (Å²) in [6.45, 7) is 5.83. The van der Waals surface area contributed by atoms with Crippen molar-refractivity contribution in [3.05, 3.63) is 35.9 Å². The van der Waals surface area contributed by atoms with Crippen LogP contribution in [-0.2, 0) is 18.2 Å². The van der Waals surface area contributed by atoms with Crippen LogP contribution < -0.4 is 0 Å². The average Bonchev–Trinajstić information content (AvgIpc) is 2.93. The predicted octanol–water partition coefficient (Wildman–Crippen LogP) is 2.80. The van der Waals surface area contributed by atoms with Crippen molar-refractivity contribution in [3.8, 4) is 0 Å². The van der Waals surface area contributed by atoms with Gasteiger partial charge in [-0.2, -0.15) is 9.69 Å². The molecule has 1 fully saturated rings. The minimum atomic E-state index is -3.23. The van der Waals surface area contributed by atoms with Crippen LogP contribution in [0.1, 0.15) is 24.2 Å². The summed E-state index contributed by atoms with van der Waals surface area (Å²) in [7, 11) is -3.23. The minimum Gasteiger partial charge on any atom is -0.478 e. The number of benzene rings is 1. The Bertz CT molecular complexity index is 467. The molecule has 0 radical (unpaired) electrons. The second-order valence-corrected chi connectivity index (χ2v) is 5.55. The quantitative estimate of drug-likeness (QED) is 0.660.